The zero-order chi connectivity index (χ0) is 18.5. The summed E-state index contributed by atoms with van der Waals surface area (Å²) < 4.78 is 6.68. The molecular formula is C19H18N6O2. The second kappa shape index (κ2) is 5.80. The molecule has 0 atom stereocenters. The van der Waals surface area contributed by atoms with E-state index in [2.05, 4.69) is 25.0 Å². The molecule has 8 heteroatoms. The molecule has 0 unspecified atom stereocenters. The Morgan fingerprint density at radius 2 is 2.15 bits per heavy atom. The van der Waals surface area contributed by atoms with Crippen molar-refractivity contribution in [2.24, 2.45) is 7.05 Å². The smallest absolute Gasteiger partial charge is 0.339 e. The van der Waals surface area contributed by atoms with Gasteiger partial charge in [-0.2, -0.15) is 5.10 Å². The predicted molar refractivity (Wildman–Crippen MR) is 101 cm³/mol. The standard InChI is InChI=1S/C19H18N6O2/c1-24-17-13(8-22-24)18(21-10-20-17)25-7-6-15-14(9-25)11-4-3-5-12(16(11)23-15)19(26)27-2/h3-5,8,10,23H,6-7,9H2,1-2H3. The molecule has 27 heavy (non-hydrogen) atoms. The Kier molecular flexibility index (Phi) is 3.40. The highest BCUT2D eigenvalue weighted by Gasteiger charge is 2.25. The lowest BCUT2D eigenvalue weighted by Gasteiger charge is -2.28. The summed E-state index contributed by atoms with van der Waals surface area (Å²) >= 11 is 0. The minimum Gasteiger partial charge on any atom is -0.465 e. The fourth-order valence-corrected chi connectivity index (χ4v) is 3.90. The van der Waals surface area contributed by atoms with Crippen molar-refractivity contribution >= 4 is 33.7 Å². The predicted octanol–water partition coefficient (Wildman–Crippen LogP) is 2.19. The molecule has 4 aromatic rings. The van der Waals surface area contributed by atoms with Crippen LogP contribution in [0.25, 0.3) is 21.9 Å². The molecule has 0 spiro atoms. The third-order valence-electron chi connectivity index (χ3n) is 5.22. The Labute approximate surface area is 154 Å². The van der Waals surface area contributed by atoms with Gasteiger partial charge >= 0.3 is 5.97 Å². The normalized spacial score (nSPS) is 13.9. The maximum absolute atomic E-state index is 12.1. The molecule has 1 N–H and O–H groups in total. The average Bonchev–Trinajstić information content (AvgIpc) is 3.27. The van der Waals surface area contributed by atoms with Crippen LogP contribution in [0.1, 0.15) is 21.6 Å². The quantitative estimate of drug-likeness (QED) is 0.550. The third kappa shape index (κ3) is 2.29. The number of benzene rings is 1. The Morgan fingerprint density at radius 3 is 3.00 bits per heavy atom. The van der Waals surface area contributed by atoms with Gasteiger partial charge in [0.2, 0.25) is 0 Å². The third-order valence-corrected chi connectivity index (χ3v) is 5.22. The van der Waals surface area contributed by atoms with E-state index in [0.717, 1.165) is 46.4 Å². The Hall–Kier alpha value is -3.42. The van der Waals surface area contributed by atoms with E-state index < -0.39 is 0 Å². The first kappa shape index (κ1) is 15.8. The second-order valence-corrected chi connectivity index (χ2v) is 6.68. The lowest BCUT2D eigenvalue weighted by atomic mass is 10.0. The lowest BCUT2D eigenvalue weighted by Crippen LogP contribution is -2.31. The number of hydrogen-bond acceptors (Lipinski definition) is 6. The first-order valence-electron chi connectivity index (χ1n) is 8.75. The number of carbonyl (C=O) groups is 1. The molecule has 0 saturated carbocycles. The van der Waals surface area contributed by atoms with Crippen LogP contribution < -0.4 is 4.90 Å². The Balaban J connectivity index is 1.61. The summed E-state index contributed by atoms with van der Waals surface area (Å²) in [6.45, 7) is 1.54. The minimum absolute atomic E-state index is 0.330. The van der Waals surface area contributed by atoms with Crippen LogP contribution in [0, 0.1) is 0 Å². The van der Waals surface area contributed by atoms with E-state index >= 15 is 0 Å². The number of para-hydroxylation sites is 1. The number of carbonyl (C=O) groups excluding carboxylic acids is 1. The van der Waals surface area contributed by atoms with Gasteiger partial charge in [0.25, 0.3) is 0 Å². The number of esters is 1. The number of aromatic amines is 1. The summed E-state index contributed by atoms with van der Waals surface area (Å²) in [6, 6.07) is 5.73. The molecule has 0 saturated heterocycles. The van der Waals surface area contributed by atoms with Gasteiger partial charge in [-0.3, -0.25) is 4.68 Å². The highest BCUT2D eigenvalue weighted by molar-refractivity contribution is 6.04. The van der Waals surface area contributed by atoms with Gasteiger partial charge in [0, 0.05) is 43.2 Å². The molecule has 136 valence electrons. The first-order valence-corrected chi connectivity index (χ1v) is 8.75. The van der Waals surface area contributed by atoms with Crippen molar-refractivity contribution in [3.05, 3.63) is 47.5 Å². The number of hydrogen-bond donors (Lipinski definition) is 1. The van der Waals surface area contributed by atoms with Crippen molar-refractivity contribution in [3.63, 3.8) is 0 Å². The van der Waals surface area contributed by atoms with Gasteiger partial charge in [0.05, 0.1) is 29.8 Å². The number of nitrogens with zero attached hydrogens (tertiary/aromatic N) is 5. The van der Waals surface area contributed by atoms with E-state index in [1.807, 2.05) is 25.4 Å². The molecule has 1 aliphatic heterocycles. The second-order valence-electron chi connectivity index (χ2n) is 6.68. The van der Waals surface area contributed by atoms with Crippen molar-refractivity contribution in [1.29, 1.82) is 0 Å². The van der Waals surface area contributed by atoms with Crippen molar-refractivity contribution in [1.82, 2.24) is 24.7 Å². The first-order chi connectivity index (χ1) is 13.2. The number of aromatic nitrogens is 5. The highest BCUT2D eigenvalue weighted by Crippen LogP contribution is 2.33. The SMILES string of the molecule is COC(=O)c1cccc2c3c([nH]c12)CCN(c1ncnc2c1cnn2C)C3. The molecule has 0 radical (unpaired) electrons. The van der Waals surface area contributed by atoms with Crippen LogP contribution in [0.15, 0.2) is 30.7 Å². The Morgan fingerprint density at radius 1 is 1.26 bits per heavy atom. The summed E-state index contributed by atoms with van der Waals surface area (Å²) in [7, 11) is 3.28. The fourth-order valence-electron chi connectivity index (χ4n) is 3.90. The summed E-state index contributed by atoms with van der Waals surface area (Å²) in [5.74, 6) is 0.557. The van der Waals surface area contributed by atoms with Gasteiger partial charge in [0.1, 0.15) is 12.1 Å². The van der Waals surface area contributed by atoms with E-state index in [4.69, 9.17) is 4.74 Å². The fraction of sp³-hybridized carbons (Fsp3) is 0.263. The topological polar surface area (TPSA) is 88.9 Å². The maximum Gasteiger partial charge on any atom is 0.339 e. The van der Waals surface area contributed by atoms with Crippen molar-refractivity contribution in [3.8, 4) is 0 Å². The summed E-state index contributed by atoms with van der Waals surface area (Å²) in [5, 5.41) is 6.30. The largest absolute Gasteiger partial charge is 0.465 e. The molecular weight excluding hydrogens is 344 g/mol. The Bertz CT molecular complexity index is 1190. The number of rotatable bonds is 2. The average molecular weight is 362 g/mol. The van der Waals surface area contributed by atoms with Gasteiger partial charge in [-0.1, -0.05) is 12.1 Å². The summed E-state index contributed by atoms with van der Waals surface area (Å²) in [6.07, 6.45) is 4.24. The van der Waals surface area contributed by atoms with Crippen LogP contribution in [0.2, 0.25) is 0 Å². The number of methoxy groups -OCH3 is 1. The molecule has 0 fully saturated rings. The maximum atomic E-state index is 12.1. The van der Waals surface area contributed by atoms with Crippen molar-refractivity contribution in [2.45, 2.75) is 13.0 Å². The number of anilines is 1. The molecule has 0 aliphatic carbocycles. The van der Waals surface area contributed by atoms with E-state index in [1.165, 1.54) is 12.7 Å². The highest BCUT2D eigenvalue weighted by atomic mass is 16.5. The molecule has 1 aliphatic rings. The van der Waals surface area contributed by atoms with Crippen molar-refractivity contribution < 1.29 is 9.53 Å². The zero-order valence-corrected chi connectivity index (χ0v) is 15.1. The van der Waals surface area contributed by atoms with Gasteiger partial charge in [-0.25, -0.2) is 14.8 Å². The number of fused-ring (bicyclic) bond motifs is 4. The van der Waals surface area contributed by atoms with Gasteiger partial charge in [-0.15, -0.1) is 0 Å². The number of ether oxygens (including phenoxy) is 1. The lowest BCUT2D eigenvalue weighted by molar-refractivity contribution is 0.0603. The van der Waals surface area contributed by atoms with Gasteiger partial charge < -0.3 is 14.6 Å². The molecule has 4 heterocycles. The summed E-state index contributed by atoms with van der Waals surface area (Å²) in [4.78, 5) is 26.6. The van der Waals surface area contributed by atoms with Crippen LogP contribution in [0.3, 0.4) is 0 Å². The van der Waals surface area contributed by atoms with E-state index in [0.29, 0.717) is 12.1 Å². The van der Waals surface area contributed by atoms with Gasteiger partial charge in [0.15, 0.2) is 5.65 Å². The van der Waals surface area contributed by atoms with Crippen LogP contribution >= 0.6 is 0 Å². The monoisotopic (exact) mass is 362 g/mol. The van der Waals surface area contributed by atoms with Gasteiger partial charge in [-0.05, 0) is 6.07 Å². The molecule has 5 rings (SSSR count). The number of H-pyrrole nitrogens is 1. The number of nitrogens with one attached hydrogen (secondary N) is 1. The summed E-state index contributed by atoms with van der Waals surface area (Å²) in [5.41, 5.74) is 4.57. The zero-order valence-electron chi connectivity index (χ0n) is 15.1. The van der Waals surface area contributed by atoms with Crippen LogP contribution in [-0.4, -0.2) is 44.4 Å². The molecule has 3 aromatic heterocycles. The van der Waals surface area contributed by atoms with Crippen LogP contribution in [-0.2, 0) is 24.8 Å². The molecule has 0 amide bonds. The van der Waals surface area contributed by atoms with E-state index in [9.17, 15) is 4.79 Å². The molecule has 1 aromatic carbocycles. The number of aryl methyl sites for hydroxylation is 1. The molecule has 0 bridgehead atoms. The van der Waals surface area contributed by atoms with Crippen LogP contribution in [0.5, 0.6) is 0 Å². The van der Waals surface area contributed by atoms with E-state index in [1.54, 1.807) is 17.1 Å². The van der Waals surface area contributed by atoms with E-state index in [-0.39, 0.29) is 5.97 Å². The minimum atomic E-state index is -0.330. The van der Waals surface area contributed by atoms with Crippen molar-refractivity contribution in [2.75, 3.05) is 18.6 Å². The molecule has 8 nitrogen and oxygen atoms in total. The van der Waals surface area contributed by atoms with Crippen LogP contribution in [0.4, 0.5) is 5.82 Å².